The molecule has 1 heterocycles. The van der Waals surface area contributed by atoms with Gasteiger partial charge in [0.2, 0.25) is 0 Å². The van der Waals surface area contributed by atoms with Crippen molar-refractivity contribution in [2.45, 2.75) is 6.42 Å². The number of hydrogen-bond donors (Lipinski definition) is 1. The van der Waals surface area contributed by atoms with Gasteiger partial charge in [0.15, 0.2) is 11.6 Å². The average molecular weight is 311 g/mol. The first-order chi connectivity index (χ1) is 7.25. The van der Waals surface area contributed by atoms with E-state index in [1.165, 1.54) is 6.07 Å². The molecule has 1 aromatic carbocycles. The number of hydrogen-bond acceptors (Lipinski definition) is 2. The van der Waals surface area contributed by atoms with E-state index in [1.807, 2.05) is 0 Å². The number of ether oxygens (including phenoxy) is 1. The van der Waals surface area contributed by atoms with Gasteiger partial charge in [0.1, 0.15) is 0 Å². The molecule has 0 aliphatic carbocycles. The van der Waals surface area contributed by atoms with Crippen LogP contribution in [-0.4, -0.2) is 19.7 Å². The summed E-state index contributed by atoms with van der Waals surface area (Å²) in [5, 5.41) is 3.25. The van der Waals surface area contributed by atoms with E-state index >= 15 is 0 Å². The number of halogens is 3. The Hall–Kier alpha value is -0.320. The summed E-state index contributed by atoms with van der Waals surface area (Å²) in [6.45, 7) is 2.60. The summed E-state index contributed by atoms with van der Waals surface area (Å²) < 4.78 is 19.5. The molecule has 1 fully saturated rings. The highest BCUT2D eigenvalue weighted by Crippen LogP contribution is 2.22. The van der Waals surface area contributed by atoms with Crippen LogP contribution in [0.2, 0.25) is 0 Å². The van der Waals surface area contributed by atoms with Crippen molar-refractivity contribution in [1.82, 2.24) is 5.32 Å². The SMILES string of the molecule is Cl.Fc1cc(Br)ccc1OC[C@H]1CCNC1. The second-order valence-corrected chi connectivity index (χ2v) is 4.66. The lowest BCUT2D eigenvalue weighted by molar-refractivity contribution is 0.249. The van der Waals surface area contributed by atoms with E-state index in [1.54, 1.807) is 12.1 Å². The molecule has 1 saturated heterocycles. The Morgan fingerprint density at radius 2 is 2.31 bits per heavy atom. The predicted octanol–water partition coefficient (Wildman–Crippen LogP) is 3.00. The van der Waals surface area contributed by atoms with E-state index < -0.39 is 0 Å². The molecule has 0 amide bonds. The van der Waals surface area contributed by atoms with Gasteiger partial charge in [0.25, 0.3) is 0 Å². The molecule has 2 nitrogen and oxygen atoms in total. The van der Waals surface area contributed by atoms with Crippen LogP contribution in [0, 0.1) is 11.7 Å². The molecule has 0 aromatic heterocycles. The maximum atomic E-state index is 13.4. The van der Waals surface area contributed by atoms with Crippen molar-refractivity contribution in [3.05, 3.63) is 28.5 Å². The van der Waals surface area contributed by atoms with Crippen LogP contribution in [0.4, 0.5) is 4.39 Å². The van der Waals surface area contributed by atoms with Crippen LogP contribution >= 0.6 is 28.3 Å². The highest BCUT2D eigenvalue weighted by molar-refractivity contribution is 9.10. The fourth-order valence-corrected chi connectivity index (χ4v) is 1.99. The van der Waals surface area contributed by atoms with Gasteiger partial charge in [0.05, 0.1) is 6.61 Å². The number of nitrogens with one attached hydrogen (secondary N) is 1. The summed E-state index contributed by atoms with van der Waals surface area (Å²) in [5.41, 5.74) is 0. The van der Waals surface area contributed by atoms with E-state index in [9.17, 15) is 4.39 Å². The first-order valence-corrected chi connectivity index (χ1v) is 5.83. The van der Waals surface area contributed by atoms with E-state index in [2.05, 4.69) is 21.2 Å². The van der Waals surface area contributed by atoms with E-state index in [4.69, 9.17) is 4.74 Å². The van der Waals surface area contributed by atoms with Crippen molar-refractivity contribution in [1.29, 1.82) is 0 Å². The lowest BCUT2D eigenvalue weighted by Gasteiger charge is -2.11. The third kappa shape index (κ3) is 3.61. The van der Waals surface area contributed by atoms with Gasteiger partial charge < -0.3 is 10.1 Å². The lowest BCUT2D eigenvalue weighted by Crippen LogP contribution is -2.15. The number of rotatable bonds is 3. The summed E-state index contributed by atoms with van der Waals surface area (Å²) in [7, 11) is 0. The van der Waals surface area contributed by atoms with Crippen LogP contribution in [0.5, 0.6) is 5.75 Å². The zero-order valence-electron chi connectivity index (χ0n) is 8.71. The second-order valence-electron chi connectivity index (χ2n) is 3.74. The summed E-state index contributed by atoms with van der Waals surface area (Å²) in [4.78, 5) is 0. The monoisotopic (exact) mass is 309 g/mol. The van der Waals surface area contributed by atoms with E-state index in [0.29, 0.717) is 18.3 Å². The Kier molecular flexibility index (Phi) is 5.52. The van der Waals surface area contributed by atoms with Crippen molar-refractivity contribution >= 4 is 28.3 Å². The molecule has 90 valence electrons. The van der Waals surface area contributed by atoms with Gasteiger partial charge in [-0.25, -0.2) is 4.39 Å². The molecule has 2 rings (SSSR count). The van der Waals surface area contributed by atoms with Crippen molar-refractivity contribution in [2.24, 2.45) is 5.92 Å². The normalized spacial score (nSPS) is 19.2. The summed E-state index contributed by atoms with van der Waals surface area (Å²) in [6, 6.07) is 4.86. The minimum atomic E-state index is -0.310. The zero-order valence-corrected chi connectivity index (χ0v) is 11.1. The maximum Gasteiger partial charge on any atom is 0.166 e. The second kappa shape index (κ2) is 6.42. The molecular weight excluding hydrogens is 296 g/mol. The molecule has 0 unspecified atom stereocenters. The van der Waals surface area contributed by atoms with E-state index in [0.717, 1.165) is 24.0 Å². The van der Waals surface area contributed by atoms with Crippen molar-refractivity contribution < 1.29 is 9.13 Å². The highest BCUT2D eigenvalue weighted by Gasteiger charge is 2.15. The van der Waals surface area contributed by atoms with Crippen LogP contribution < -0.4 is 10.1 Å². The minimum absolute atomic E-state index is 0. The van der Waals surface area contributed by atoms with E-state index in [-0.39, 0.29) is 18.2 Å². The highest BCUT2D eigenvalue weighted by atomic mass is 79.9. The summed E-state index contributed by atoms with van der Waals surface area (Å²) >= 11 is 3.21. The molecule has 0 radical (unpaired) electrons. The van der Waals surface area contributed by atoms with Crippen LogP contribution in [0.1, 0.15) is 6.42 Å². The fourth-order valence-electron chi connectivity index (χ4n) is 1.66. The van der Waals surface area contributed by atoms with Crippen LogP contribution in [0.15, 0.2) is 22.7 Å². The molecule has 1 aliphatic rings. The van der Waals surface area contributed by atoms with Gasteiger partial charge in [-0.3, -0.25) is 0 Å². The fraction of sp³-hybridized carbons (Fsp3) is 0.455. The van der Waals surface area contributed by atoms with Crippen LogP contribution in [0.25, 0.3) is 0 Å². The molecule has 5 heteroatoms. The van der Waals surface area contributed by atoms with Gasteiger partial charge in [-0.05, 0) is 31.2 Å². The first kappa shape index (κ1) is 13.7. The predicted molar refractivity (Wildman–Crippen MR) is 67.8 cm³/mol. The molecule has 1 aromatic rings. The van der Waals surface area contributed by atoms with Crippen molar-refractivity contribution in [3.63, 3.8) is 0 Å². The molecule has 0 spiro atoms. The molecule has 1 aliphatic heterocycles. The summed E-state index contributed by atoms with van der Waals surface area (Å²) in [5.74, 6) is 0.536. The Labute approximate surface area is 109 Å². The van der Waals surface area contributed by atoms with Crippen LogP contribution in [-0.2, 0) is 0 Å². The standard InChI is InChI=1S/C11H13BrFNO.ClH/c12-9-1-2-11(10(13)5-9)15-7-8-3-4-14-6-8;/h1-2,5,8,14H,3-4,6-7H2;1H/t8-;/m0./s1. The van der Waals surface area contributed by atoms with Crippen molar-refractivity contribution in [2.75, 3.05) is 19.7 Å². The lowest BCUT2D eigenvalue weighted by atomic mass is 10.1. The molecule has 1 atom stereocenters. The molecule has 1 N–H and O–H groups in total. The summed E-state index contributed by atoms with van der Waals surface area (Å²) in [6.07, 6.45) is 1.11. The quantitative estimate of drug-likeness (QED) is 0.927. The average Bonchev–Trinajstić information content (AvgIpc) is 2.69. The third-order valence-electron chi connectivity index (χ3n) is 2.53. The third-order valence-corrected chi connectivity index (χ3v) is 3.02. The molecule has 16 heavy (non-hydrogen) atoms. The van der Waals surface area contributed by atoms with Gasteiger partial charge in [-0.1, -0.05) is 15.9 Å². The first-order valence-electron chi connectivity index (χ1n) is 5.04. The Morgan fingerprint density at radius 3 is 2.94 bits per heavy atom. The Morgan fingerprint density at radius 1 is 1.50 bits per heavy atom. The Bertz CT molecular complexity index is 345. The topological polar surface area (TPSA) is 21.3 Å². The van der Waals surface area contributed by atoms with Gasteiger partial charge in [-0.2, -0.15) is 0 Å². The molecule has 0 bridgehead atoms. The van der Waals surface area contributed by atoms with Crippen molar-refractivity contribution in [3.8, 4) is 5.75 Å². The Balaban J connectivity index is 0.00000128. The van der Waals surface area contributed by atoms with Crippen LogP contribution in [0.3, 0.4) is 0 Å². The van der Waals surface area contributed by atoms with Gasteiger partial charge in [-0.15, -0.1) is 12.4 Å². The smallest absolute Gasteiger partial charge is 0.166 e. The number of benzene rings is 1. The molecule has 0 saturated carbocycles. The largest absolute Gasteiger partial charge is 0.490 e. The van der Waals surface area contributed by atoms with Gasteiger partial charge in [0, 0.05) is 16.9 Å². The molecular formula is C11H14BrClFNO. The minimum Gasteiger partial charge on any atom is -0.490 e. The zero-order chi connectivity index (χ0) is 10.7. The maximum absolute atomic E-state index is 13.4. The van der Waals surface area contributed by atoms with Gasteiger partial charge >= 0.3 is 0 Å².